The molecule has 1 nitrogen and oxygen atoms in total. The van der Waals surface area contributed by atoms with Crippen molar-refractivity contribution in [2.45, 2.75) is 66.7 Å². The van der Waals surface area contributed by atoms with E-state index in [1.165, 1.54) is 42.4 Å². The van der Waals surface area contributed by atoms with Crippen LogP contribution in [-0.4, -0.2) is 6.54 Å². The van der Waals surface area contributed by atoms with Crippen molar-refractivity contribution in [3.05, 3.63) is 34.9 Å². The number of aryl methyl sites for hydroxylation is 2. The van der Waals surface area contributed by atoms with Crippen LogP contribution in [0.25, 0.3) is 0 Å². The van der Waals surface area contributed by atoms with Crippen molar-refractivity contribution in [1.82, 2.24) is 0 Å². The van der Waals surface area contributed by atoms with Gasteiger partial charge in [0.2, 0.25) is 0 Å². The molecule has 2 rings (SSSR count). The van der Waals surface area contributed by atoms with E-state index in [9.17, 15) is 0 Å². The highest BCUT2D eigenvalue weighted by atomic mass is 14.6. The summed E-state index contributed by atoms with van der Waals surface area (Å²) in [6.45, 7) is 12.4. The fourth-order valence-electron chi connectivity index (χ4n) is 3.94. The van der Waals surface area contributed by atoms with Crippen molar-refractivity contribution in [2.75, 3.05) is 6.54 Å². The van der Waals surface area contributed by atoms with E-state index in [2.05, 4.69) is 52.8 Å². The van der Waals surface area contributed by atoms with Crippen molar-refractivity contribution in [3.8, 4) is 0 Å². The smallest absolute Gasteiger partial charge is 0.00173 e. The van der Waals surface area contributed by atoms with E-state index in [1.807, 2.05) is 0 Å². The Morgan fingerprint density at radius 2 is 1.76 bits per heavy atom. The molecule has 21 heavy (non-hydrogen) atoms. The van der Waals surface area contributed by atoms with E-state index in [0.29, 0.717) is 10.8 Å². The van der Waals surface area contributed by atoms with Gasteiger partial charge in [-0.05, 0) is 80.4 Å². The summed E-state index contributed by atoms with van der Waals surface area (Å²) >= 11 is 0. The molecular formula is C20H33N. The molecule has 1 aliphatic rings. The molecule has 0 aromatic heterocycles. The third kappa shape index (κ3) is 3.88. The number of benzene rings is 1. The normalized spacial score (nSPS) is 26.9. The molecule has 0 bridgehead atoms. The summed E-state index contributed by atoms with van der Waals surface area (Å²) in [4.78, 5) is 0. The van der Waals surface area contributed by atoms with Gasteiger partial charge in [0.05, 0.1) is 0 Å². The average Bonchev–Trinajstić information content (AvgIpc) is 2.42. The predicted octanol–water partition coefficient (Wildman–Crippen LogP) is 5.03. The van der Waals surface area contributed by atoms with Crippen LogP contribution < -0.4 is 5.73 Å². The lowest BCUT2D eigenvalue weighted by molar-refractivity contribution is 0.0925. The third-order valence-electron chi connectivity index (χ3n) is 5.77. The fourth-order valence-corrected chi connectivity index (χ4v) is 3.94. The van der Waals surface area contributed by atoms with Crippen LogP contribution in [0.15, 0.2) is 18.2 Å². The monoisotopic (exact) mass is 287 g/mol. The molecule has 1 aliphatic carbocycles. The molecule has 0 radical (unpaired) electrons. The van der Waals surface area contributed by atoms with Crippen molar-refractivity contribution >= 4 is 0 Å². The summed E-state index contributed by atoms with van der Waals surface area (Å²) in [5.74, 6) is 0.857. The molecule has 1 aromatic rings. The van der Waals surface area contributed by atoms with Gasteiger partial charge in [-0.25, -0.2) is 0 Å². The Morgan fingerprint density at radius 1 is 1.14 bits per heavy atom. The molecule has 0 saturated heterocycles. The zero-order valence-electron chi connectivity index (χ0n) is 14.6. The van der Waals surface area contributed by atoms with Crippen LogP contribution in [0.3, 0.4) is 0 Å². The van der Waals surface area contributed by atoms with Crippen LogP contribution in [-0.2, 0) is 6.42 Å². The number of rotatable bonds is 3. The Kier molecular flexibility index (Phi) is 4.82. The fraction of sp³-hybridized carbons (Fsp3) is 0.700. The van der Waals surface area contributed by atoms with E-state index in [-0.39, 0.29) is 0 Å². The van der Waals surface area contributed by atoms with Crippen LogP contribution in [0.1, 0.15) is 63.1 Å². The molecule has 0 heterocycles. The Labute approximate surface area is 131 Å². The second-order valence-electron chi connectivity index (χ2n) is 8.45. The van der Waals surface area contributed by atoms with Gasteiger partial charge in [-0.15, -0.1) is 0 Å². The molecule has 0 spiro atoms. The molecule has 1 heteroatoms. The van der Waals surface area contributed by atoms with Crippen molar-refractivity contribution in [1.29, 1.82) is 0 Å². The number of nitrogens with two attached hydrogens (primary N) is 1. The average molecular weight is 287 g/mol. The highest BCUT2D eigenvalue weighted by Crippen LogP contribution is 2.46. The first-order valence-electron chi connectivity index (χ1n) is 8.52. The highest BCUT2D eigenvalue weighted by Gasteiger charge is 2.38. The first-order valence-corrected chi connectivity index (χ1v) is 8.52. The molecule has 0 aliphatic heterocycles. The standard InChI is InChI=1S/C20H33N/c1-15-6-7-16(2)17(12-15)13-20(14-21)10-8-18(9-11-20)19(3,4)5/h6-7,12,18H,8-11,13-14,21H2,1-5H3. The van der Waals surface area contributed by atoms with Gasteiger partial charge in [0, 0.05) is 0 Å². The van der Waals surface area contributed by atoms with E-state index in [0.717, 1.165) is 18.9 Å². The minimum Gasteiger partial charge on any atom is -0.330 e. The van der Waals surface area contributed by atoms with Gasteiger partial charge >= 0.3 is 0 Å². The van der Waals surface area contributed by atoms with Crippen LogP contribution >= 0.6 is 0 Å². The maximum Gasteiger partial charge on any atom is -0.00173 e. The van der Waals surface area contributed by atoms with Crippen molar-refractivity contribution in [3.63, 3.8) is 0 Å². The zero-order chi connectivity index (χ0) is 15.7. The largest absolute Gasteiger partial charge is 0.330 e. The number of hydrogen-bond acceptors (Lipinski definition) is 1. The molecule has 0 amide bonds. The topological polar surface area (TPSA) is 26.0 Å². The van der Waals surface area contributed by atoms with Gasteiger partial charge in [-0.3, -0.25) is 0 Å². The first-order chi connectivity index (χ1) is 9.76. The summed E-state index contributed by atoms with van der Waals surface area (Å²) in [6.07, 6.45) is 6.42. The summed E-state index contributed by atoms with van der Waals surface area (Å²) in [7, 11) is 0. The maximum absolute atomic E-state index is 6.23. The minimum absolute atomic E-state index is 0.334. The van der Waals surface area contributed by atoms with Crippen molar-refractivity contribution < 1.29 is 0 Å². The molecule has 1 fully saturated rings. The summed E-state index contributed by atoms with van der Waals surface area (Å²) in [5.41, 5.74) is 11.3. The van der Waals surface area contributed by atoms with E-state index >= 15 is 0 Å². The summed E-state index contributed by atoms with van der Waals surface area (Å²) in [5, 5.41) is 0. The van der Waals surface area contributed by atoms with Crippen LogP contribution in [0.5, 0.6) is 0 Å². The second kappa shape index (κ2) is 6.12. The van der Waals surface area contributed by atoms with Gasteiger partial charge in [-0.1, -0.05) is 44.5 Å². The lowest BCUT2D eigenvalue weighted by atomic mass is 9.62. The maximum atomic E-state index is 6.23. The summed E-state index contributed by atoms with van der Waals surface area (Å²) in [6, 6.07) is 6.84. The summed E-state index contributed by atoms with van der Waals surface area (Å²) < 4.78 is 0. The van der Waals surface area contributed by atoms with Gasteiger partial charge in [0.25, 0.3) is 0 Å². The number of hydrogen-bond donors (Lipinski definition) is 1. The van der Waals surface area contributed by atoms with Crippen LogP contribution in [0.4, 0.5) is 0 Å². The molecule has 1 aromatic carbocycles. The van der Waals surface area contributed by atoms with Crippen molar-refractivity contribution in [2.24, 2.45) is 22.5 Å². The van der Waals surface area contributed by atoms with Gasteiger partial charge in [0.15, 0.2) is 0 Å². The molecular weight excluding hydrogens is 254 g/mol. The van der Waals surface area contributed by atoms with Gasteiger partial charge in [0.1, 0.15) is 0 Å². The first kappa shape index (κ1) is 16.5. The van der Waals surface area contributed by atoms with E-state index < -0.39 is 0 Å². The van der Waals surface area contributed by atoms with E-state index in [1.54, 1.807) is 0 Å². The lowest BCUT2D eigenvalue weighted by Crippen LogP contribution is -2.39. The predicted molar refractivity (Wildman–Crippen MR) is 92.5 cm³/mol. The SMILES string of the molecule is Cc1ccc(C)c(CC2(CN)CCC(C(C)(C)C)CC2)c1. The Bertz CT molecular complexity index is 473. The quantitative estimate of drug-likeness (QED) is 0.829. The molecule has 1 saturated carbocycles. The van der Waals surface area contributed by atoms with Crippen LogP contribution in [0, 0.1) is 30.6 Å². The van der Waals surface area contributed by atoms with Crippen LogP contribution in [0.2, 0.25) is 0 Å². The molecule has 118 valence electrons. The second-order valence-corrected chi connectivity index (χ2v) is 8.45. The highest BCUT2D eigenvalue weighted by molar-refractivity contribution is 5.31. The van der Waals surface area contributed by atoms with Gasteiger partial charge in [-0.2, -0.15) is 0 Å². The van der Waals surface area contributed by atoms with E-state index in [4.69, 9.17) is 5.73 Å². The Hall–Kier alpha value is -0.820. The molecule has 2 N–H and O–H groups in total. The lowest BCUT2D eigenvalue weighted by Gasteiger charge is -2.44. The minimum atomic E-state index is 0.334. The molecule has 0 unspecified atom stereocenters. The third-order valence-corrected chi connectivity index (χ3v) is 5.77. The van der Waals surface area contributed by atoms with Gasteiger partial charge < -0.3 is 5.73 Å². The zero-order valence-corrected chi connectivity index (χ0v) is 14.6. The molecule has 0 atom stereocenters. The Morgan fingerprint density at radius 3 is 2.29 bits per heavy atom. The Balaban J connectivity index is 2.12.